The lowest BCUT2D eigenvalue weighted by Crippen LogP contribution is -2.20. The molecule has 0 amide bonds. The SMILES string of the molecule is CCC1(c2cccc3sc4ccccc4c23)CCCC1. The minimum atomic E-state index is 0.434. The average molecular weight is 280 g/mol. The topological polar surface area (TPSA) is 0 Å². The first-order valence-electron chi connectivity index (χ1n) is 7.75. The fraction of sp³-hybridized carbons (Fsp3) is 0.368. The summed E-state index contributed by atoms with van der Waals surface area (Å²) in [5, 5.41) is 3.00. The van der Waals surface area contributed by atoms with Gasteiger partial charge in [-0.1, -0.05) is 50.1 Å². The van der Waals surface area contributed by atoms with Gasteiger partial charge in [0.25, 0.3) is 0 Å². The summed E-state index contributed by atoms with van der Waals surface area (Å²) in [6, 6.07) is 15.9. The Morgan fingerprint density at radius 3 is 2.50 bits per heavy atom. The monoisotopic (exact) mass is 280 g/mol. The van der Waals surface area contributed by atoms with Crippen LogP contribution in [0, 0.1) is 0 Å². The fourth-order valence-corrected chi connectivity index (χ4v) is 5.21. The van der Waals surface area contributed by atoms with Crippen LogP contribution in [0.1, 0.15) is 44.6 Å². The summed E-state index contributed by atoms with van der Waals surface area (Å²) in [7, 11) is 0. The smallest absolute Gasteiger partial charge is 0.0358 e. The van der Waals surface area contributed by atoms with Crippen LogP contribution in [0.4, 0.5) is 0 Å². The Morgan fingerprint density at radius 1 is 0.950 bits per heavy atom. The molecule has 0 bridgehead atoms. The van der Waals surface area contributed by atoms with Crippen LogP contribution in [0.5, 0.6) is 0 Å². The van der Waals surface area contributed by atoms with Crippen molar-refractivity contribution in [3.8, 4) is 0 Å². The molecule has 1 fully saturated rings. The highest BCUT2D eigenvalue weighted by molar-refractivity contribution is 7.25. The summed E-state index contributed by atoms with van der Waals surface area (Å²) < 4.78 is 2.89. The van der Waals surface area contributed by atoms with Crippen LogP contribution in [-0.2, 0) is 5.41 Å². The molecule has 0 saturated heterocycles. The molecule has 1 aliphatic rings. The third kappa shape index (κ3) is 1.66. The molecule has 1 heterocycles. The van der Waals surface area contributed by atoms with Gasteiger partial charge in [-0.25, -0.2) is 0 Å². The second-order valence-corrected chi connectivity index (χ2v) is 7.20. The number of hydrogen-bond acceptors (Lipinski definition) is 1. The average Bonchev–Trinajstić information content (AvgIpc) is 3.12. The summed E-state index contributed by atoms with van der Waals surface area (Å²) in [4.78, 5) is 0. The highest BCUT2D eigenvalue weighted by Crippen LogP contribution is 2.48. The van der Waals surface area contributed by atoms with E-state index in [1.807, 2.05) is 11.3 Å². The van der Waals surface area contributed by atoms with Crippen molar-refractivity contribution < 1.29 is 0 Å². The van der Waals surface area contributed by atoms with Gasteiger partial charge in [0, 0.05) is 20.2 Å². The van der Waals surface area contributed by atoms with E-state index in [1.165, 1.54) is 52.3 Å². The summed E-state index contributed by atoms with van der Waals surface area (Å²) in [6.45, 7) is 2.37. The van der Waals surface area contributed by atoms with E-state index in [9.17, 15) is 0 Å². The highest BCUT2D eigenvalue weighted by atomic mass is 32.1. The molecule has 1 aliphatic carbocycles. The molecule has 2 aromatic carbocycles. The zero-order valence-electron chi connectivity index (χ0n) is 12.0. The van der Waals surface area contributed by atoms with E-state index >= 15 is 0 Å². The summed E-state index contributed by atoms with van der Waals surface area (Å²) in [6.07, 6.45) is 6.80. The Morgan fingerprint density at radius 2 is 1.70 bits per heavy atom. The molecule has 20 heavy (non-hydrogen) atoms. The maximum atomic E-state index is 2.40. The lowest BCUT2D eigenvalue weighted by molar-refractivity contribution is 0.429. The Hall–Kier alpha value is -1.34. The van der Waals surface area contributed by atoms with E-state index in [0.717, 1.165) is 0 Å². The first kappa shape index (κ1) is 12.4. The molecule has 4 rings (SSSR count). The molecule has 0 unspecified atom stereocenters. The second kappa shape index (κ2) is 4.60. The standard InChI is InChI=1S/C19H20S/c1-2-19(12-5-6-13-19)15-9-7-11-17-18(15)14-8-3-4-10-16(14)20-17/h3-4,7-11H,2,5-6,12-13H2,1H3. The third-order valence-corrected chi connectivity index (χ3v) is 6.35. The van der Waals surface area contributed by atoms with Crippen LogP contribution < -0.4 is 0 Å². The Labute approximate surface area is 124 Å². The molecular formula is C19H20S. The van der Waals surface area contributed by atoms with E-state index in [2.05, 4.69) is 49.4 Å². The maximum absolute atomic E-state index is 2.40. The summed E-state index contributed by atoms with van der Waals surface area (Å²) >= 11 is 1.94. The number of hydrogen-bond donors (Lipinski definition) is 0. The molecule has 3 aromatic rings. The first-order valence-corrected chi connectivity index (χ1v) is 8.56. The molecule has 1 saturated carbocycles. The fourth-order valence-electron chi connectivity index (χ4n) is 4.08. The number of benzene rings is 2. The molecule has 0 aliphatic heterocycles. The van der Waals surface area contributed by atoms with Gasteiger partial charge < -0.3 is 0 Å². The number of fused-ring (bicyclic) bond motifs is 3. The molecule has 0 spiro atoms. The molecule has 1 aromatic heterocycles. The van der Waals surface area contributed by atoms with Gasteiger partial charge in [-0.05, 0) is 42.4 Å². The number of rotatable bonds is 2. The van der Waals surface area contributed by atoms with E-state index in [4.69, 9.17) is 0 Å². The normalized spacial score (nSPS) is 18.1. The van der Waals surface area contributed by atoms with Crippen LogP contribution in [0.2, 0.25) is 0 Å². The van der Waals surface area contributed by atoms with Gasteiger partial charge in [-0.15, -0.1) is 11.3 Å². The minimum absolute atomic E-state index is 0.434. The lowest BCUT2D eigenvalue weighted by atomic mass is 9.75. The second-order valence-electron chi connectivity index (χ2n) is 6.12. The number of thiophene rings is 1. The molecule has 0 radical (unpaired) electrons. The van der Waals surface area contributed by atoms with Crippen LogP contribution >= 0.6 is 11.3 Å². The van der Waals surface area contributed by atoms with Crippen LogP contribution in [-0.4, -0.2) is 0 Å². The lowest BCUT2D eigenvalue weighted by Gasteiger charge is -2.29. The van der Waals surface area contributed by atoms with Crippen molar-refractivity contribution in [1.82, 2.24) is 0 Å². The van der Waals surface area contributed by atoms with Crippen molar-refractivity contribution in [2.24, 2.45) is 0 Å². The van der Waals surface area contributed by atoms with E-state index in [1.54, 1.807) is 5.56 Å². The zero-order chi connectivity index (χ0) is 13.6. The Kier molecular flexibility index (Phi) is 2.85. The van der Waals surface area contributed by atoms with Gasteiger partial charge in [0.1, 0.15) is 0 Å². The van der Waals surface area contributed by atoms with Crippen molar-refractivity contribution in [2.75, 3.05) is 0 Å². The molecule has 0 atom stereocenters. The molecule has 1 heteroatoms. The summed E-state index contributed by atoms with van der Waals surface area (Å²) in [5.41, 5.74) is 2.05. The van der Waals surface area contributed by atoms with Crippen molar-refractivity contribution in [3.63, 3.8) is 0 Å². The largest absolute Gasteiger partial charge is 0.135 e. The maximum Gasteiger partial charge on any atom is 0.0358 e. The first-order chi connectivity index (χ1) is 9.84. The minimum Gasteiger partial charge on any atom is -0.135 e. The van der Waals surface area contributed by atoms with Crippen LogP contribution in [0.25, 0.3) is 20.2 Å². The van der Waals surface area contributed by atoms with Crippen LogP contribution in [0.15, 0.2) is 42.5 Å². The van der Waals surface area contributed by atoms with Crippen LogP contribution in [0.3, 0.4) is 0 Å². The zero-order valence-corrected chi connectivity index (χ0v) is 12.8. The molecule has 0 N–H and O–H groups in total. The van der Waals surface area contributed by atoms with Gasteiger partial charge in [0.05, 0.1) is 0 Å². The van der Waals surface area contributed by atoms with Crippen molar-refractivity contribution in [2.45, 2.75) is 44.4 Å². The van der Waals surface area contributed by atoms with Gasteiger partial charge in [0.2, 0.25) is 0 Å². The van der Waals surface area contributed by atoms with E-state index < -0.39 is 0 Å². The van der Waals surface area contributed by atoms with Crippen molar-refractivity contribution >= 4 is 31.5 Å². The molecule has 102 valence electrons. The predicted molar refractivity (Wildman–Crippen MR) is 89.8 cm³/mol. The van der Waals surface area contributed by atoms with Gasteiger partial charge in [-0.3, -0.25) is 0 Å². The molecular weight excluding hydrogens is 260 g/mol. The Balaban J connectivity index is 2.08. The van der Waals surface area contributed by atoms with Gasteiger partial charge in [0.15, 0.2) is 0 Å². The summed E-state index contributed by atoms with van der Waals surface area (Å²) in [5.74, 6) is 0. The quantitative estimate of drug-likeness (QED) is 0.518. The van der Waals surface area contributed by atoms with E-state index in [0.29, 0.717) is 5.41 Å². The predicted octanol–water partition coefficient (Wildman–Crippen LogP) is 6.28. The van der Waals surface area contributed by atoms with Gasteiger partial charge in [-0.2, -0.15) is 0 Å². The Bertz CT molecular complexity index is 760. The van der Waals surface area contributed by atoms with Crippen molar-refractivity contribution in [1.29, 1.82) is 0 Å². The van der Waals surface area contributed by atoms with E-state index in [-0.39, 0.29) is 0 Å². The van der Waals surface area contributed by atoms with Gasteiger partial charge >= 0.3 is 0 Å². The highest BCUT2D eigenvalue weighted by Gasteiger charge is 2.35. The van der Waals surface area contributed by atoms with Crippen molar-refractivity contribution in [3.05, 3.63) is 48.0 Å². The molecule has 0 nitrogen and oxygen atoms in total. The third-order valence-electron chi connectivity index (χ3n) is 5.21.